The molecule has 1 aliphatic carbocycles. The lowest BCUT2D eigenvalue weighted by atomic mass is 9.82. The zero-order chi connectivity index (χ0) is 38.5. The van der Waals surface area contributed by atoms with Crippen molar-refractivity contribution in [2.24, 2.45) is 0 Å². The van der Waals surface area contributed by atoms with Gasteiger partial charge in [-0.25, -0.2) is 0 Å². The maximum atomic E-state index is 6.74. The fourth-order valence-electron chi connectivity index (χ4n) is 9.51. The van der Waals surface area contributed by atoms with Crippen molar-refractivity contribution < 1.29 is 8.83 Å². The first-order valence-corrected chi connectivity index (χ1v) is 20.0. The van der Waals surface area contributed by atoms with Crippen LogP contribution in [0.15, 0.2) is 197 Å². The summed E-state index contributed by atoms with van der Waals surface area (Å²) in [5, 5.41) is 6.81. The second kappa shape index (κ2) is 12.3. The van der Waals surface area contributed by atoms with Crippen molar-refractivity contribution in [2.75, 3.05) is 4.90 Å². The van der Waals surface area contributed by atoms with Crippen LogP contribution in [0.5, 0.6) is 0 Å². The first-order chi connectivity index (χ1) is 28.5. The van der Waals surface area contributed by atoms with E-state index in [1.807, 2.05) is 12.1 Å². The summed E-state index contributed by atoms with van der Waals surface area (Å²) in [6.45, 7) is 4.71. The molecule has 0 unspecified atom stereocenters. The van der Waals surface area contributed by atoms with E-state index in [0.717, 1.165) is 66.5 Å². The SMILES string of the molecule is CC1(C)c2ccc(-c3ccccc3)cc2-c2ccc(N(c3ccc4oc5ccccc5c4c3)c3cccc4oc5cc(-c6ccc7ccccc7c6)ccc5c34)cc21. The van der Waals surface area contributed by atoms with Gasteiger partial charge in [-0.15, -0.1) is 0 Å². The highest BCUT2D eigenvalue weighted by Gasteiger charge is 2.36. The van der Waals surface area contributed by atoms with Crippen molar-refractivity contribution in [2.45, 2.75) is 19.3 Å². The molecule has 0 saturated heterocycles. The molecule has 0 N–H and O–H groups in total. The largest absolute Gasteiger partial charge is 0.456 e. The lowest BCUT2D eigenvalue weighted by Crippen LogP contribution is -2.16. The fourth-order valence-corrected chi connectivity index (χ4v) is 9.51. The molecule has 0 aliphatic heterocycles. The van der Waals surface area contributed by atoms with Crippen molar-refractivity contribution >= 4 is 71.7 Å². The number of hydrogen-bond donors (Lipinski definition) is 0. The van der Waals surface area contributed by atoms with E-state index in [9.17, 15) is 0 Å². The Morgan fingerprint density at radius 3 is 1.98 bits per heavy atom. The van der Waals surface area contributed by atoms with Crippen LogP contribution in [0.4, 0.5) is 17.1 Å². The molecule has 0 fully saturated rings. The topological polar surface area (TPSA) is 29.5 Å². The molecule has 58 heavy (non-hydrogen) atoms. The number of nitrogens with zero attached hydrogens (tertiary/aromatic N) is 1. The molecule has 3 nitrogen and oxygen atoms in total. The lowest BCUT2D eigenvalue weighted by Gasteiger charge is -2.28. The molecular formula is C55H37NO2. The lowest BCUT2D eigenvalue weighted by molar-refractivity contribution is 0.660. The van der Waals surface area contributed by atoms with E-state index in [0.29, 0.717) is 0 Å². The van der Waals surface area contributed by atoms with Gasteiger partial charge >= 0.3 is 0 Å². The van der Waals surface area contributed by atoms with Gasteiger partial charge < -0.3 is 13.7 Å². The molecule has 9 aromatic carbocycles. The van der Waals surface area contributed by atoms with Crippen LogP contribution < -0.4 is 4.90 Å². The molecular weight excluding hydrogens is 707 g/mol. The molecule has 11 aromatic rings. The fraction of sp³-hybridized carbons (Fsp3) is 0.0545. The molecule has 0 spiro atoms. The van der Waals surface area contributed by atoms with Crippen molar-refractivity contribution in [3.8, 4) is 33.4 Å². The standard InChI is InChI=1S/C55H37NO2/c1-55(2)47-27-22-38(34-11-4-3-5-12-34)30-45(47)42-26-23-41(33-48(42)55)56(40-24-28-51-46(32-40)43-15-8-9-17-50(43)57-51)49-16-10-18-52-54(49)44-25-21-39(31-53(44)58-52)37-20-19-35-13-6-7-14-36(35)29-37/h3-33H,1-2H3. The van der Waals surface area contributed by atoms with Crippen molar-refractivity contribution in [3.63, 3.8) is 0 Å². The molecule has 274 valence electrons. The highest BCUT2D eigenvalue weighted by molar-refractivity contribution is 6.15. The van der Waals surface area contributed by atoms with Gasteiger partial charge in [0.1, 0.15) is 22.3 Å². The third-order valence-corrected chi connectivity index (χ3v) is 12.4. The van der Waals surface area contributed by atoms with Crippen molar-refractivity contribution in [3.05, 3.63) is 199 Å². The number of anilines is 3. The number of furan rings is 2. The molecule has 0 bridgehead atoms. The zero-order valence-corrected chi connectivity index (χ0v) is 32.2. The van der Waals surface area contributed by atoms with Gasteiger partial charge in [-0.05, 0) is 128 Å². The molecule has 12 rings (SSSR count). The van der Waals surface area contributed by atoms with Crippen LogP contribution in [0.25, 0.3) is 88.0 Å². The van der Waals surface area contributed by atoms with Gasteiger partial charge in [0.05, 0.1) is 11.1 Å². The Balaban J connectivity index is 1.06. The molecule has 0 radical (unpaired) electrons. The van der Waals surface area contributed by atoms with Crippen LogP contribution in [0, 0.1) is 0 Å². The van der Waals surface area contributed by atoms with Crippen LogP contribution in [0.3, 0.4) is 0 Å². The third kappa shape index (κ3) is 4.93. The van der Waals surface area contributed by atoms with Crippen LogP contribution in [0.1, 0.15) is 25.0 Å². The van der Waals surface area contributed by atoms with Gasteiger partial charge in [0.25, 0.3) is 0 Å². The number of rotatable bonds is 5. The Morgan fingerprint density at radius 2 is 1.07 bits per heavy atom. The minimum atomic E-state index is -0.195. The maximum Gasteiger partial charge on any atom is 0.137 e. The highest BCUT2D eigenvalue weighted by Crippen LogP contribution is 2.52. The maximum absolute atomic E-state index is 6.74. The smallest absolute Gasteiger partial charge is 0.137 e. The number of fused-ring (bicyclic) bond motifs is 10. The summed E-state index contributed by atoms with van der Waals surface area (Å²) in [6.07, 6.45) is 0. The average Bonchev–Trinajstić information content (AvgIpc) is 3.91. The van der Waals surface area contributed by atoms with E-state index in [1.54, 1.807) is 0 Å². The van der Waals surface area contributed by atoms with Gasteiger partial charge in [0.15, 0.2) is 0 Å². The monoisotopic (exact) mass is 743 g/mol. The molecule has 2 aromatic heterocycles. The Bertz CT molecular complexity index is 3440. The molecule has 3 heteroatoms. The van der Waals surface area contributed by atoms with Gasteiger partial charge in [-0.3, -0.25) is 0 Å². The summed E-state index contributed by atoms with van der Waals surface area (Å²) in [4.78, 5) is 2.41. The summed E-state index contributed by atoms with van der Waals surface area (Å²) in [6, 6.07) is 67.8. The van der Waals surface area contributed by atoms with Crippen LogP contribution in [-0.4, -0.2) is 0 Å². The Labute approximate surface area is 336 Å². The number of para-hydroxylation sites is 1. The Morgan fingerprint density at radius 1 is 0.379 bits per heavy atom. The van der Waals surface area contributed by atoms with Gasteiger partial charge in [-0.2, -0.15) is 0 Å². The predicted molar refractivity (Wildman–Crippen MR) is 242 cm³/mol. The second-order valence-corrected chi connectivity index (χ2v) is 16.1. The summed E-state index contributed by atoms with van der Waals surface area (Å²) < 4.78 is 13.1. The first kappa shape index (κ1) is 32.8. The van der Waals surface area contributed by atoms with E-state index in [-0.39, 0.29) is 5.41 Å². The second-order valence-electron chi connectivity index (χ2n) is 16.1. The van der Waals surface area contributed by atoms with Gasteiger partial charge in [-0.1, -0.05) is 129 Å². The minimum Gasteiger partial charge on any atom is -0.456 e. The summed E-state index contributed by atoms with van der Waals surface area (Å²) in [5.41, 5.74) is 16.5. The summed E-state index contributed by atoms with van der Waals surface area (Å²) in [5.74, 6) is 0. The zero-order valence-electron chi connectivity index (χ0n) is 32.2. The van der Waals surface area contributed by atoms with Crippen molar-refractivity contribution in [1.82, 2.24) is 0 Å². The molecule has 2 heterocycles. The quantitative estimate of drug-likeness (QED) is 0.176. The highest BCUT2D eigenvalue weighted by atomic mass is 16.3. The van der Waals surface area contributed by atoms with Crippen molar-refractivity contribution in [1.29, 1.82) is 0 Å². The van der Waals surface area contributed by atoms with E-state index in [1.165, 1.54) is 49.7 Å². The van der Waals surface area contributed by atoms with Crippen LogP contribution in [0.2, 0.25) is 0 Å². The summed E-state index contributed by atoms with van der Waals surface area (Å²) >= 11 is 0. The average molecular weight is 744 g/mol. The van der Waals surface area contributed by atoms with E-state index < -0.39 is 0 Å². The number of hydrogen-bond acceptors (Lipinski definition) is 3. The molecule has 0 amide bonds. The summed E-state index contributed by atoms with van der Waals surface area (Å²) in [7, 11) is 0. The van der Waals surface area contributed by atoms with Gasteiger partial charge in [0, 0.05) is 32.9 Å². The first-order valence-electron chi connectivity index (χ1n) is 20.0. The van der Waals surface area contributed by atoms with E-state index >= 15 is 0 Å². The normalized spacial score (nSPS) is 13.1. The molecule has 0 saturated carbocycles. The van der Waals surface area contributed by atoms with Gasteiger partial charge in [0.2, 0.25) is 0 Å². The minimum absolute atomic E-state index is 0.195. The van der Waals surface area contributed by atoms with E-state index in [4.69, 9.17) is 8.83 Å². The number of benzene rings is 9. The molecule has 0 atom stereocenters. The molecule has 1 aliphatic rings. The van der Waals surface area contributed by atoms with E-state index in [2.05, 4.69) is 195 Å². The van der Waals surface area contributed by atoms with Crippen LogP contribution >= 0.6 is 0 Å². The Hall–Kier alpha value is -7.36. The van der Waals surface area contributed by atoms with Crippen LogP contribution in [-0.2, 0) is 5.41 Å². The Kier molecular flexibility index (Phi) is 6.98. The predicted octanol–water partition coefficient (Wildman–Crippen LogP) is 15.7. The third-order valence-electron chi connectivity index (χ3n) is 12.4.